The molecule has 3 aromatic rings. The number of rotatable bonds is 3. The van der Waals surface area contributed by atoms with Gasteiger partial charge >= 0.3 is 0 Å². The summed E-state index contributed by atoms with van der Waals surface area (Å²) < 4.78 is 0. The fourth-order valence-corrected chi connectivity index (χ4v) is 5.05. The van der Waals surface area contributed by atoms with Crippen LogP contribution < -0.4 is 0 Å². The molecule has 2 fully saturated rings. The molecule has 0 aromatic carbocycles. The van der Waals surface area contributed by atoms with Crippen molar-refractivity contribution in [2.45, 2.75) is 38.5 Å². The summed E-state index contributed by atoms with van der Waals surface area (Å²) in [5, 5.41) is 1.03. The molecule has 33 heavy (non-hydrogen) atoms. The van der Waals surface area contributed by atoms with Crippen molar-refractivity contribution in [3.8, 4) is 11.1 Å². The Balaban J connectivity index is 1.21. The second kappa shape index (κ2) is 9.25. The number of aromatic nitrogens is 3. The lowest BCUT2D eigenvalue weighted by Gasteiger charge is -2.37. The average Bonchev–Trinajstić information content (AvgIpc) is 2.88. The van der Waals surface area contributed by atoms with Crippen molar-refractivity contribution in [3.05, 3.63) is 54.6 Å². The van der Waals surface area contributed by atoms with Crippen molar-refractivity contribution in [3.63, 3.8) is 0 Å². The molecule has 2 saturated heterocycles. The minimum absolute atomic E-state index is 0.0507. The molecule has 0 bridgehead atoms. The van der Waals surface area contributed by atoms with Gasteiger partial charge in [0, 0.05) is 80.2 Å². The summed E-state index contributed by atoms with van der Waals surface area (Å²) in [6.45, 7) is 4.52. The van der Waals surface area contributed by atoms with Gasteiger partial charge in [0.25, 0.3) is 0 Å². The van der Waals surface area contributed by atoms with Crippen molar-refractivity contribution >= 4 is 22.8 Å². The zero-order chi connectivity index (χ0) is 22.8. The summed E-state index contributed by atoms with van der Waals surface area (Å²) in [5.41, 5.74) is 3.97. The van der Waals surface area contributed by atoms with Gasteiger partial charge in [-0.1, -0.05) is 0 Å². The second-order valence-electron chi connectivity index (χ2n) is 9.12. The molecule has 5 rings (SSSR count). The predicted molar refractivity (Wildman–Crippen MR) is 126 cm³/mol. The van der Waals surface area contributed by atoms with Crippen LogP contribution in [0.4, 0.5) is 0 Å². The summed E-state index contributed by atoms with van der Waals surface area (Å²) in [5.74, 6) is 0.760. The zero-order valence-electron chi connectivity index (χ0n) is 19.0. The first-order valence-corrected chi connectivity index (χ1v) is 11.8. The van der Waals surface area contributed by atoms with Gasteiger partial charge in [-0.25, -0.2) is 9.97 Å². The molecule has 0 N–H and O–H groups in total. The molecule has 7 heteroatoms. The van der Waals surface area contributed by atoms with E-state index in [9.17, 15) is 9.59 Å². The van der Waals surface area contributed by atoms with Crippen LogP contribution in [0.15, 0.2) is 48.9 Å². The SMILES string of the molecule is CC(=O)N1CCC(C(=O)N2CCC(c3ccc4cc(-c5ccncc5)cnc4n3)CC2)CC1. The first-order valence-electron chi connectivity index (χ1n) is 11.8. The summed E-state index contributed by atoms with van der Waals surface area (Å²) in [6.07, 6.45) is 8.83. The Morgan fingerprint density at radius 3 is 2.27 bits per heavy atom. The molecule has 2 aliphatic heterocycles. The Morgan fingerprint density at radius 2 is 1.58 bits per heavy atom. The lowest BCUT2D eigenvalue weighted by Crippen LogP contribution is -2.46. The average molecular weight is 444 g/mol. The summed E-state index contributed by atoms with van der Waals surface area (Å²) in [7, 11) is 0. The third kappa shape index (κ3) is 4.58. The highest BCUT2D eigenvalue weighted by Crippen LogP contribution is 2.30. The molecule has 0 saturated carbocycles. The monoisotopic (exact) mass is 443 g/mol. The van der Waals surface area contributed by atoms with Gasteiger partial charge < -0.3 is 9.80 Å². The number of carbonyl (C=O) groups excluding carboxylic acids is 2. The molecular weight excluding hydrogens is 414 g/mol. The van der Waals surface area contributed by atoms with E-state index in [1.54, 1.807) is 19.3 Å². The van der Waals surface area contributed by atoms with Crippen LogP contribution in [0.3, 0.4) is 0 Å². The topological polar surface area (TPSA) is 79.3 Å². The van der Waals surface area contributed by atoms with E-state index in [0.29, 0.717) is 19.0 Å². The number of hydrogen-bond donors (Lipinski definition) is 0. The fourth-order valence-electron chi connectivity index (χ4n) is 5.05. The maximum absolute atomic E-state index is 13.0. The van der Waals surface area contributed by atoms with Gasteiger partial charge in [-0.15, -0.1) is 0 Å². The van der Waals surface area contributed by atoms with E-state index in [1.807, 2.05) is 28.1 Å². The van der Waals surface area contributed by atoms with Crippen molar-refractivity contribution in [1.82, 2.24) is 24.8 Å². The van der Waals surface area contributed by atoms with Crippen LogP contribution in [0.1, 0.15) is 44.2 Å². The summed E-state index contributed by atoms with van der Waals surface area (Å²) in [4.78, 5) is 41.9. The first-order chi connectivity index (χ1) is 16.1. The number of piperidine rings is 2. The molecule has 170 valence electrons. The van der Waals surface area contributed by atoms with Crippen LogP contribution >= 0.6 is 0 Å². The smallest absolute Gasteiger partial charge is 0.225 e. The number of nitrogens with zero attached hydrogens (tertiary/aromatic N) is 5. The number of amides is 2. The quantitative estimate of drug-likeness (QED) is 0.617. The Bertz CT molecular complexity index is 1150. The number of fused-ring (bicyclic) bond motifs is 1. The zero-order valence-corrected chi connectivity index (χ0v) is 19.0. The highest BCUT2D eigenvalue weighted by Gasteiger charge is 2.32. The fraction of sp³-hybridized carbons (Fsp3) is 0.423. The highest BCUT2D eigenvalue weighted by molar-refractivity contribution is 5.81. The van der Waals surface area contributed by atoms with Crippen molar-refractivity contribution < 1.29 is 9.59 Å². The van der Waals surface area contributed by atoms with Gasteiger partial charge in [-0.3, -0.25) is 14.6 Å². The van der Waals surface area contributed by atoms with Gasteiger partial charge in [0.2, 0.25) is 11.8 Å². The Labute approximate surface area is 193 Å². The van der Waals surface area contributed by atoms with E-state index in [0.717, 1.165) is 66.6 Å². The maximum atomic E-state index is 13.0. The minimum atomic E-state index is 0.0507. The van der Waals surface area contributed by atoms with Crippen molar-refractivity contribution in [1.29, 1.82) is 0 Å². The van der Waals surface area contributed by atoms with Crippen LogP contribution in [0.2, 0.25) is 0 Å². The van der Waals surface area contributed by atoms with Crippen LogP contribution in [-0.4, -0.2) is 62.7 Å². The summed E-state index contributed by atoms with van der Waals surface area (Å²) in [6, 6.07) is 10.3. The van der Waals surface area contributed by atoms with Crippen LogP contribution in [0.5, 0.6) is 0 Å². The molecule has 0 atom stereocenters. The molecular formula is C26H29N5O2. The second-order valence-corrected chi connectivity index (χ2v) is 9.12. The van der Waals surface area contributed by atoms with E-state index in [-0.39, 0.29) is 17.7 Å². The number of hydrogen-bond acceptors (Lipinski definition) is 5. The molecule has 7 nitrogen and oxygen atoms in total. The minimum Gasteiger partial charge on any atom is -0.343 e. The Kier molecular flexibility index (Phi) is 6.03. The van der Waals surface area contributed by atoms with Gasteiger partial charge in [0.15, 0.2) is 5.65 Å². The maximum Gasteiger partial charge on any atom is 0.225 e. The molecule has 0 radical (unpaired) electrons. The number of carbonyl (C=O) groups is 2. The van der Waals surface area contributed by atoms with E-state index in [4.69, 9.17) is 4.98 Å². The predicted octanol–water partition coefficient (Wildman–Crippen LogP) is 3.66. The van der Waals surface area contributed by atoms with Crippen LogP contribution in [0.25, 0.3) is 22.2 Å². The molecule has 2 amide bonds. The third-order valence-corrected chi connectivity index (χ3v) is 7.09. The van der Waals surface area contributed by atoms with Crippen LogP contribution in [-0.2, 0) is 9.59 Å². The molecule has 0 unspecified atom stereocenters. The Hall–Kier alpha value is -3.35. The Morgan fingerprint density at radius 1 is 0.879 bits per heavy atom. The molecule has 0 aliphatic carbocycles. The first kappa shape index (κ1) is 21.5. The number of likely N-dealkylation sites (tertiary alicyclic amines) is 2. The third-order valence-electron chi connectivity index (χ3n) is 7.09. The van der Waals surface area contributed by atoms with Crippen LogP contribution in [0, 0.1) is 5.92 Å². The normalized spacial score (nSPS) is 18.0. The summed E-state index contributed by atoms with van der Waals surface area (Å²) >= 11 is 0. The lowest BCUT2D eigenvalue weighted by molar-refractivity contribution is -0.140. The van der Waals surface area contributed by atoms with E-state index < -0.39 is 0 Å². The van der Waals surface area contributed by atoms with Gasteiger partial charge in [-0.2, -0.15) is 0 Å². The van der Waals surface area contributed by atoms with Crippen molar-refractivity contribution in [2.24, 2.45) is 5.92 Å². The van der Waals surface area contributed by atoms with E-state index >= 15 is 0 Å². The number of pyridine rings is 3. The molecule has 2 aliphatic rings. The van der Waals surface area contributed by atoms with Crippen molar-refractivity contribution in [2.75, 3.05) is 26.2 Å². The molecule has 5 heterocycles. The van der Waals surface area contributed by atoms with E-state index in [1.165, 1.54) is 0 Å². The largest absolute Gasteiger partial charge is 0.343 e. The van der Waals surface area contributed by atoms with E-state index in [2.05, 4.69) is 28.2 Å². The lowest BCUT2D eigenvalue weighted by atomic mass is 9.90. The van der Waals surface area contributed by atoms with Gasteiger partial charge in [-0.05, 0) is 61.6 Å². The van der Waals surface area contributed by atoms with Gasteiger partial charge in [0.1, 0.15) is 0 Å². The highest BCUT2D eigenvalue weighted by atomic mass is 16.2. The standard InChI is InChI=1S/C26H29N5O2/c1-18(32)30-12-8-21(9-13-30)26(33)31-14-6-20(7-15-31)24-3-2-22-16-23(17-28-25(22)29-24)19-4-10-27-11-5-19/h2-5,10-11,16-17,20-21H,6-9,12-15H2,1H3. The molecule has 0 spiro atoms. The van der Waals surface area contributed by atoms with Gasteiger partial charge in [0.05, 0.1) is 0 Å². The molecule has 3 aromatic heterocycles.